The van der Waals surface area contributed by atoms with Gasteiger partial charge in [0.2, 0.25) is 0 Å². The SMILES string of the molecule is Cc1ccc(C2(C#N)CCC(O)CC2)cc1F. The Hall–Kier alpha value is -1.40. The number of hydrogen-bond donors (Lipinski definition) is 1. The van der Waals surface area contributed by atoms with Crippen LogP contribution in [0.2, 0.25) is 0 Å². The number of nitriles is 1. The Kier molecular flexibility index (Phi) is 3.17. The second kappa shape index (κ2) is 4.46. The van der Waals surface area contributed by atoms with Crippen molar-refractivity contribution in [2.45, 2.75) is 44.1 Å². The number of aliphatic hydroxyl groups is 1. The lowest BCUT2D eigenvalue weighted by molar-refractivity contribution is 0.109. The summed E-state index contributed by atoms with van der Waals surface area (Å²) in [7, 11) is 0. The summed E-state index contributed by atoms with van der Waals surface area (Å²) in [6.45, 7) is 1.71. The highest BCUT2D eigenvalue weighted by atomic mass is 19.1. The van der Waals surface area contributed by atoms with Crippen LogP contribution in [-0.4, -0.2) is 11.2 Å². The molecule has 0 bridgehead atoms. The lowest BCUT2D eigenvalue weighted by Crippen LogP contribution is -2.32. The van der Waals surface area contributed by atoms with E-state index in [2.05, 4.69) is 6.07 Å². The summed E-state index contributed by atoms with van der Waals surface area (Å²) < 4.78 is 13.6. The maximum absolute atomic E-state index is 13.6. The van der Waals surface area contributed by atoms with E-state index in [0.717, 1.165) is 5.56 Å². The maximum atomic E-state index is 13.6. The van der Waals surface area contributed by atoms with Crippen molar-refractivity contribution in [3.63, 3.8) is 0 Å². The van der Waals surface area contributed by atoms with Crippen LogP contribution in [0, 0.1) is 24.1 Å². The molecule has 0 saturated heterocycles. The molecule has 2 rings (SSSR count). The largest absolute Gasteiger partial charge is 0.393 e. The van der Waals surface area contributed by atoms with Crippen molar-refractivity contribution in [1.82, 2.24) is 0 Å². The molecule has 1 aromatic rings. The van der Waals surface area contributed by atoms with Crippen molar-refractivity contribution in [2.24, 2.45) is 0 Å². The highest BCUT2D eigenvalue weighted by molar-refractivity contribution is 5.35. The summed E-state index contributed by atoms with van der Waals surface area (Å²) in [6.07, 6.45) is 2.12. The first-order chi connectivity index (χ1) is 8.07. The minimum absolute atomic E-state index is 0.261. The molecule has 0 spiro atoms. The van der Waals surface area contributed by atoms with Crippen LogP contribution in [0.1, 0.15) is 36.8 Å². The third-order valence-electron chi connectivity index (χ3n) is 3.75. The van der Waals surface area contributed by atoms with Gasteiger partial charge < -0.3 is 5.11 Å². The van der Waals surface area contributed by atoms with Gasteiger partial charge in [0.1, 0.15) is 5.82 Å². The van der Waals surface area contributed by atoms with Gasteiger partial charge in [-0.05, 0) is 49.8 Å². The highest BCUT2D eigenvalue weighted by Gasteiger charge is 2.36. The fourth-order valence-electron chi connectivity index (χ4n) is 2.45. The zero-order valence-corrected chi connectivity index (χ0v) is 9.91. The number of aryl methyl sites for hydroxylation is 1. The van der Waals surface area contributed by atoms with Crippen LogP contribution < -0.4 is 0 Å². The molecular weight excluding hydrogens is 217 g/mol. The molecule has 17 heavy (non-hydrogen) atoms. The van der Waals surface area contributed by atoms with Crippen molar-refractivity contribution in [2.75, 3.05) is 0 Å². The summed E-state index contributed by atoms with van der Waals surface area (Å²) in [5.74, 6) is -0.261. The molecule has 1 aliphatic carbocycles. The second-order valence-corrected chi connectivity index (χ2v) is 4.89. The quantitative estimate of drug-likeness (QED) is 0.810. The van der Waals surface area contributed by atoms with Crippen LogP contribution >= 0.6 is 0 Å². The summed E-state index contributed by atoms with van der Waals surface area (Å²) in [4.78, 5) is 0. The van der Waals surface area contributed by atoms with E-state index in [1.54, 1.807) is 13.0 Å². The summed E-state index contributed by atoms with van der Waals surface area (Å²) in [5.41, 5.74) is 0.723. The van der Waals surface area contributed by atoms with E-state index in [-0.39, 0.29) is 11.9 Å². The Labute approximate surface area is 101 Å². The number of benzene rings is 1. The Morgan fingerprint density at radius 2 is 2.06 bits per heavy atom. The van der Waals surface area contributed by atoms with Crippen LogP contribution in [-0.2, 0) is 5.41 Å². The molecule has 0 atom stereocenters. The first kappa shape index (κ1) is 12.1. The fourth-order valence-corrected chi connectivity index (χ4v) is 2.45. The lowest BCUT2D eigenvalue weighted by Gasteiger charge is -2.33. The molecule has 0 aliphatic heterocycles. The van der Waals surface area contributed by atoms with Crippen molar-refractivity contribution < 1.29 is 9.50 Å². The number of hydrogen-bond acceptors (Lipinski definition) is 2. The molecule has 1 saturated carbocycles. The smallest absolute Gasteiger partial charge is 0.126 e. The molecule has 3 heteroatoms. The minimum Gasteiger partial charge on any atom is -0.393 e. The molecule has 1 aromatic carbocycles. The predicted octanol–water partition coefficient (Wildman–Crippen LogP) is 2.83. The summed E-state index contributed by atoms with van der Waals surface area (Å²) in [6, 6.07) is 7.34. The van der Waals surface area contributed by atoms with E-state index < -0.39 is 5.41 Å². The summed E-state index contributed by atoms with van der Waals surface area (Å²) in [5, 5.41) is 18.9. The standard InChI is InChI=1S/C14H16FNO/c1-10-2-3-11(8-13(10)15)14(9-16)6-4-12(17)5-7-14/h2-3,8,12,17H,4-7H2,1H3. The van der Waals surface area contributed by atoms with Crippen LogP contribution in [0.4, 0.5) is 4.39 Å². The number of halogens is 1. The van der Waals surface area contributed by atoms with Gasteiger partial charge in [-0.3, -0.25) is 0 Å². The Balaban J connectivity index is 2.35. The average molecular weight is 233 g/mol. The molecule has 1 N–H and O–H groups in total. The lowest BCUT2D eigenvalue weighted by atomic mass is 9.69. The number of nitrogens with zero attached hydrogens (tertiary/aromatic N) is 1. The molecule has 2 nitrogen and oxygen atoms in total. The van der Waals surface area contributed by atoms with E-state index in [0.29, 0.717) is 31.2 Å². The second-order valence-electron chi connectivity index (χ2n) is 4.89. The van der Waals surface area contributed by atoms with Crippen molar-refractivity contribution in [3.05, 3.63) is 35.1 Å². The van der Waals surface area contributed by atoms with Gasteiger partial charge in [-0.2, -0.15) is 5.26 Å². The Morgan fingerprint density at radius 3 is 2.59 bits per heavy atom. The van der Waals surface area contributed by atoms with Gasteiger partial charge in [-0.25, -0.2) is 4.39 Å². The van der Waals surface area contributed by atoms with E-state index in [4.69, 9.17) is 0 Å². The van der Waals surface area contributed by atoms with Crippen LogP contribution in [0.5, 0.6) is 0 Å². The third-order valence-corrected chi connectivity index (χ3v) is 3.75. The van der Waals surface area contributed by atoms with Crippen molar-refractivity contribution in [1.29, 1.82) is 5.26 Å². The molecule has 1 fully saturated rings. The zero-order valence-electron chi connectivity index (χ0n) is 9.91. The average Bonchev–Trinajstić information content (AvgIpc) is 2.34. The third kappa shape index (κ3) is 2.18. The van der Waals surface area contributed by atoms with E-state index in [1.807, 2.05) is 6.07 Å². The first-order valence-electron chi connectivity index (χ1n) is 5.93. The highest BCUT2D eigenvalue weighted by Crippen LogP contribution is 2.39. The molecule has 0 radical (unpaired) electrons. The maximum Gasteiger partial charge on any atom is 0.126 e. The van der Waals surface area contributed by atoms with E-state index in [9.17, 15) is 14.8 Å². The normalized spacial score (nSPS) is 28.7. The van der Waals surface area contributed by atoms with Crippen molar-refractivity contribution >= 4 is 0 Å². The van der Waals surface area contributed by atoms with E-state index in [1.165, 1.54) is 6.07 Å². The molecule has 0 heterocycles. The topological polar surface area (TPSA) is 44.0 Å². The molecule has 0 aromatic heterocycles. The zero-order chi connectivity index (χ0) is 12.5. The molecule has 90 valence electrons. The van der Waals surface area contributed by atoms with Crippen LogP contribution in [0.15, 0.2) is 18.2 Å². The molecular formula is C14H16FNO. The van der Waals surface area contributed by atoms with Gasteiger partial charge in [0.25, 0.3) is 0 Å². The molecule has 0 unspecified atom stereocenters. The van der Waals surface area contributed by atoms with Crippen LogP contribution in [0.25, 0.3) is 0 Å². The van der Waals surface area contributed by atoms with Gasteiger partial charge in [-0.1, -0.05) is 12.1 Å². The predicted molar refractivity (Wildman–Crippen MR) is 62.9 cm³/mol. The monoisotopic (exact) mass is 233 g/mol. The van der Waals surface area contributed by atoms with Crippen molar-refractivity contribution in [3.8, 4) is 6.07 Å². The van der Waals surface area contributed by atoms with Gasteiger partial charge in [0.05, 0.1) is 17.6 Å². The van der Waals surface area contributed by atoms with Gasteiger partial charge >= 0.3 is 0 Å². The van der Waals surface area contributed by atoms with Gasteiger partial charge in [0.15, 0.2) is 0 Å². The van der Waals surface area contributed by atoms with Gasteiger partial charge in [-0.15, -0.1) is 0 Å². The Morgan fingerprint density at radius 1 is 1.41 bits per heavy atom. The Bertz CT molecular complexity index is 456. The number of aliphatic hydroxyl groups excluding tert-OH is 1. The van der Waals surface area contributed by atoms with Gasteiger partial charge in [0, 0.05) is 0 Å². The van der Waals surface area contributed by atoms with E-state index >= 15 is 0 Å². The molecule has 1 aliphatic rings. The van der Waals surface area contributed by atoms with Crippen LogP contribution in [0.3, 0.4) is 0 Å². The minimum atomic E-state index is -0.617. The summed E-state index contributed by atoms with van der Waals surface area (Å²) >= 11 is 0. The number of rotatable bonds is 1. The first-order valence-corrected chi connectivity index (χ1v) is 5.93. The fraction of sp³-hybridized carbons (Fsp3) is 0.500. The molecule has 0 amide bonds.